The number of esters is 1. The largest absolute Gasteiger partial charge is 0.469 e. The lowest BCUT2D eigenvalue weighted by molar-refractivity contribution is -0.384. The predicted octanol–water partition coefficient (Wildman–Crippen LogP) is 3.47. The van der Waals surface area contributed by atoms with Crippen LogP contribution >= 0.6 is 11.6 Å². The number of carbonyl (C=O) groups excluding carboxylic acids is 2. The second-order valence-corrected chi connectivity index (χ2v) is 6.67. The van der Waals surface area contributed by atoms with E-state index in [9.17, 15) is 19.7 Å². The Hall–Kier alpha value is -3.72. The molecule has 0 saturated carbocycles. The van der Waals surface area contributed by atoms with E-state index < -0.39 is 22.8 Å². The van der Waals surface area contributed by atoms with Gasteiger partial charge in [0.15, 0.2) is 0 Å². The van der Waals surface area contributed by atoms with E-state index in [1.165, 1.54) is 42.4 Å². The monoisotopic (exact) mass is 428 g/mol. The van der Waals surface area contributed by atoms with Crippen LogP contribution in [0.25, 0.3) is 5.69 Å². The first-order valence-electron chi connectivity index (χ1n) is 8.79. The normalized spacial score (nSPS) is 11.5. The Morgan fingerprint density at radius 3 is 2.70 bits per heavy atom. The highest BCUT2D eigenvalue weighted by molar-refractivity contribution is 6.31. The van der Waals surface area contributed by atoms with E-state index in [2.05, 4.69) is 10.3 Å². The Balaban J connectivity index is 1.92. The van der Waals surface area contributed by atoms with E-state index in [0.717, 1.165) is 0 Å². The standard InChI is InChI=1S/C20H17ClN4O5/c1-30-19(26)11-16(14-4-2-3-5-15(14)21)23-20(27)13-6-7-17(18(10-13)25(28)29)24-9-8-22-12-24/h2-10,12,16H,11H2,1H3,(H,23,27). The fraction of sp³-hybridized carbons (Fsp3) is 0.150. The minimum Gasteiger partial charge on any atom is -0.469 e. The van der Waals surface area contributed by atoms with Crippen LogP contribution in [0.1, 0.15) is 28.4 Å². The Morgan fingerprint density at radius 2 is 2.07 bits per heavy atom. The number of nitrogens with one attached hydrogen (secondary N) is 1. The third-order valence-electron chi connectivity index (χ3n) is 4.40. The molecule has 0 saturated heterocycles. The number of amides is 1. The van der Waals surface area contributed by atoms with Crippen LogP contribution in [0.3, 0.4) is 0 Å². The van der Waals surface area contributed by atoms with Crippen LogP contribution in [0.15, 0.2) is 61.2 Å². The van der Waals surface area contributed by atoms with Crippen LogP contribution in [-0.2, 0) is 9.53 Å². The highest BCUT2D eigenvalue weighted by atomic mass is 35.5. The number of rotatable bonds is 7. The van der Waals surface area contributed by atoms with Crippen LogP contribution in [0.4, 0.5) is 5.69 Å². The molecule has 1 aromatic heterocycles. The van der Waals surface area contributed by atoms with E-state index in [4.69, 9.17) is 16.3 Å². The van der Waals surface area contributed by atoms with Gasteiger partial charge < -0.3 is 14.6 Å². The molecule has 0 spiro atoms. The first-order valence-corrected chi connectivity index (χ1v) is 9.17. The molecule has 9 nitrogen and oxygen atoms in total. The van der Waals surface area contributed by atoms with Gasteiger partial charge in [-0.05, 0) is 23.8 Å². The van der Waals surface area contributed by atoms with Crippen LogP contribution in [-0.4, -0.2) is 33.5 Å². The van der Waals surface area contributed by atoms with Gasteiger partial charge in [-0.3, -0.25) is 19.7 Å². The number of nitro benzene ring substituents is 1. The Kier molecular flexibility index (Phi) is 6.43. The number of halogens is 1. The van der Waals surface area contributed by atoms with Crippen molar-refractivity contribution in [3.8, 4) is 5.69 Å². The number of benzene rings is 2. The second kappa shape index (κ2) is 9.19. The predicted molar refractivity (Wildman–Crippen MR) is 109 cm³/mol. The summed E-state index contributed by atoms with van der Waals surface area (Å²) >= 11 is 6.22. The molecule has 3 aromatic rings. The van der Waals surface area contributed by atoms with Gasteiger partial charge in [-0.2, -0.15) is 0 Å². The van der Waals surface area contributed by atoms with Gasteiger partial charge in [-0.15, -0.1) is 0 Å². The first kappa shape index (κ1) is 21.0. The third kappa shape index (κ3) is 4.64. The van der Waals surface area contributed by atoms with E-state index in [1.807, 2.05) is 0 Å². The molecule has 0 aliphatic carbocycles. The molecule has 0 aliphatic heterocycles. The summed E-state index contributed by atoms with van der Waals surface area (Å²) in [5.74, 6) is -1.13. The Labute approximate surface area is 176 Å². The number of nitrogens with zero attached hydrogens (tertiary/aromatic N) is 3. The molecule has 0 fully saturated rings. The lowest BCUT2D eigenvalue weighted by atomic mass is 10.0. The topological polar surface area (TPSA) is 116 Å². The number of methoxy groups -OCH3 is 1. The van der Waals surface area contributed by atoms with E-state index in [0.29, 0.717) is 10.6 Å². The number of carbonyl (C=O) groups is 2. The smallest absolute Gasteiger partial charge is 0.307 e. The van der Waals surface area contributed by atoms with Gasteiger partial charge in [0.25, 0.3) is 11.6 Å². The van der Waals surface area contributed by atoms with Crippen molar-refractivity contribution in [3.05, 3.63) is 87.4 Å². The van der Waals surface area contributed by atoms with Crippen molar-refractivity contribution in [1.29, 1.82) is 0 Å². The lowest BCUT2D eigenvalue weighted by Gasteiger charge is -2.19. The molecule has 1 unspecified atom stereocenters. The van der Waals surface area contributed by atoms with Gasteiger partial charge in [0.05, 0.1) is 30.8 Å². The number of imidazole rings is 1. The quantitative estimate of drug-likeness (QED) is 0.350. The van der Waals surface area contributed by atoms with Gasteiger partial charge in [0.2, 0.25) is 0 Å². The second-order valence-electron chi connectivity index (χ2n) is 6.26. The van der Waals surface area contributed by atoms with Gasteiger partial charge in [0, 0.05) is 29.0 Å². The van der Waals surface area contributed by atoms with Crippen molar-refractivity contribution in [1.82, 2.24) is 14.9 Å². The summed E-state index contributed by atoms with van der Waals surface area (Å²) in [4.78, 5) is 39.5. The molecular formula is C20H17ClN4O5. The van der Waals surface area contributed by atoms with Crippen LogP contribution in [0.5, 0.6) is 0 Å². The molecule has 0 bridgehead atoms. The van der Waals surface area contributed by atoms with E-state index >= 15 is 0 Å². The molecular weight excluding hydrogens is 412 g/mol. The zero-order valence-corrected chi connectivity index (χ0v) is 16.6. The van der Waals surface area contributed by atoms with Crippen LogP contribution in [0.2, 0.25) is 5.02 Å². The summed E-state index contributed by atoms with van der Waals surface area (Å²) in [7, 11) is 1.24. The number of aromatic nitrogens is 2. The maximum Gasteiger partial charge on any atom is 0.307 e. The minimum absolute atomic E-state index is 0.0625. The zero-order chi connectivity index (χ0) is 21.7. The van der Waals surface area contributed by atoms with Gasteiger partial charge in [0.1, 0.15) is 5.69 Å². The summed E-state index contributed by atoms with van der Waals surface area (Å²) in [5.41, 5.74) is 0.601. The Bertz CT molecular complexity index is 1080. The molecule has 10 heteroatoms. The fourth-order valence-electron chi connectivity index (χ4n) is 2.92. The number of hydrogen-bond acceptors (Lipinski definition) is 6. The highest BCUT2D eigenvalue weighted by Crippen LogP contribution is 2.27. The van der Waals surface area contributed by atoms with Gasteiger partial charge >= 0.3 is 5.97 Å². The molecule has 0 aliphatic rings. The summed E-state index contributed by atoms with van der Waals surface area (Å²) in [6.07, 6.45) is 4.32. The number of ether oxygens (including phenoxy) is 1. The third-order valence-corrected chi connectivity index (χ3v) is 4.75. The molecule has 1 amide bonds. The van der Waals surface area contributed by atoms with Crippen molar-refractivity contribution in [3.63, 3.8) is 0 Å². The summed E-state index contributed by atoms with van der Waals surface area (Å²) < 4.78 is 6.18. The molecule has 1 heterocycles. The van der Waals surface area contributed by atoms with Crippen molar-refractivity contribution in [2.45, 2.75) is 12.5 Å². The molecule has 30 heavy (non-hydrogen) atoms. The summed E-state index contributed by atoms with van der Waals surface area (Å²) in [5, 5.41) is 14.6. The van der Waals surface area contributed by atoms with E-state index in [1.54, 1.807) is 30.5 Å². The maximum atomic E-state index is 12.8. The summed E-state index contributed by atoms with van der Waals surface area (Å²) in [6.45, 7) is 0. The minimum atomic E-state index is -0.772. The van der Waals surface area contributed by atoms with Crippen LogP contribution in [0, 0.1) is 10.1 Å². The number of hydrogen-bond donors (Lipinski definition) is 1. The SMILES string of the molecule is COC(=O)CC(NC(=O)c1ccc(-n2ccnc2)c([N+](=O)[O-])c1)c1ccccc1Cl. The molecule has 1 atom stereocenters. The maximum absolute atomic E-state index is 12.8. The number of nitro groups is 1. The molecule has 2 aromatic carbocycles. The fourth-order valence-corrected chi connectivity index (χ4v) is 3.19. The van der Waals surface area contributed by atoms with Crippen molar-refractivity contribution in [2.24, 2.45) is 0 Å². The van der Waals surface area contributed by atoms with Crippen molar-refractivity contribution in [2.75, 3.05) is 7.11 Å². The van der Waals surface area contributed by atoms with Crippen molar-refractivity contribution >= 4 is 29.2 Å². The van der Waals surface area contributed by atoms with Crippen LogP contribution < -0.4 is 5.32 Å². The highest BCUT2D eigenvalue weighted by Gasteiger charge is 2.24. The zero-order valence-electron chi connectivity index (χ0n) is 15.8. The first-order chi connectivity index (χ1) is 14.4. The molecule has 3 rings (SSSR count). The molecule has 154 valence electrons. The van der Waals surface area contributed by atoms with E-state index in [-0.39, 0.29) is 23.4 Å². The van der Waals surface area contributed by atoms with Crippen molar-refractivity contribution < 1.29 is 19.2 Å². The Morgan fingerprint density at radius 1 is 1.30 bits per heavy atom. The average Bonchev–Trinajstić information content (AvgIpc) is 3.27. The molecule has 1 N–H and O–H groups in total. The van der Waals surface area contributed by atoms with Gasteiger partial charge in [-0.1, -0.05) is 29.8 Å². The van der Waals surface area contributed by atoms with Gasteiger partial charge in [-0.25, -0.2) is 4.98 Å². The summed E-state index contributed by atoms with van der Waals surface area (Å²) in [6, 6.07) is 10.1. The molecule has 0 radical (unpaired) electrons. The average molecular weight is 429 g/mol. The lowest BCUT2D eigenvalue weighted by Crippen LogP contribution is -2.30.